The molecule has 0 aliphatic carbocycles. The standard InChI is InChI=1S/C17H15N3OS2/c1-11-15-16(12-7-8-22-9-12)23-10-14(21)18-17(15)20(19-11)13-5-3-2-4-6-13/h2-9,16H,10H2,1H3,(H,18,21). The summed E-state index contributed by atoms with van der Waals surface area (Å²) in [6, 6.07) is 12.0. The Morgan fingerprint density at radius 1 is 1.26 bits per heavy atom. The average Bonchev–Trinajstić information content (AvgIpc) is 3.15. The molecule has 1 aliphatic rings. The number of aromatic nitrogens is 2. The molecule has 23 heavy (non-hydrogen) atoms. The largest absolute Gasteiger partial charge is 0.310 e. The summed E-state index contributed by atoms with van der Waals surface area (Å²) in [7, 11) is 0. The minimum Gasteiger partial charge on any atom is -0.310 e. The number of benzene rings is 1. The van der Waals surface area contributed by atoms with Gasteiger partial charge in [0.05, 0.1) is 22.4 Å². The number of nitrogens with one attached hydrogen (secondary N) is 1. The van der Waals surface area contributed by atoms with Gasteiger partial charge in [-0.25, -0.2) is 4.68 Å². The monoisotopic (exact) mass is 341 g/mol. The zero-order valence-corrected chi connectivity index (χ0v) is 14.2. The number of hydrogen-bond donors (Lipinski definition) is 1. The number of nitrogens with zero attached hydrogens (tertiary/aromatic N) is 2. The van der Waals surface area contributed by atoms with Crippen LogP contribution >= 0.6 is 23.1 Å². The Balaban J connectivity index is 1.91. The number of carbonyl (C=O) groups is 1. The number of thiophene rings is 1. The van der Waals surface area contributed by atoms with E-state index in [9.17, 15) is 4.79 Å². The quantitative estimate of drug-likeness (QED) is 0.766. The maximum Gasteiger partial charge on any atom is 0.235 e. The second kappa shape index (κ2) is 5.86. The highest BCUT2D eigenvalue weighted by atomic mass is 32.2. The zero-order chi connectivity index (χ0) is 15.8. The van der Waals surface area contributed by atoms with Crippen LogP contribution < -0.4 is 5.32 Å². The number of fused-ring (bicyclic) bond motifs is 1. The van der Waals surface area contributed by atoms with Gasteiger partial charge in [0.25, 0.3) is 0 Å². The molecule has 3 aromatic rings. The maximum absolute atomic E-state index is 12.2. The molecule has 1 aromatic carbocycles. The molecule has 0 saturated carbocycles. The number of para-hydroxylation sites is 1. The van der Waals surface area contributed by atoms with E-state index >= 15 is 0 Å². The van der Waals surface area contributed by atoms with Crippen LogP contribution in [0.4, 0.5) is 5.82 Å². The van der Waals surface area contributed by atoms with Crippen LogP contribution in [0.1, 0.15) is 22.1 Å². The number of carbonyl (C=O) groups excluding carboxylic acids is 1. The SMILES string of the molecule is Cc1nn(-c2ccccc2)c2c1C(c1ccsc1)SCC(=O)N2. The zero-order valence-electron chi connectivity index (χ0n) is 12.5. The summed E-state index contributed by atoms with van der Waals surface area (Å²) in [5, 5.41) is 12.1. The van der Waals surface area contributed by atoms with Crippen LogP contribution in [0, 0.1) is 6.92 Å². The molecule has 0 saturated heterocycles. The van der Waals surface area contributed by atoms with E-state index in [4.69, 9.17) is 5.10 Å². The van der Waals surface area contributed by atoms with Gasteiger partial charge in [-0.3, -0.25) is 4.79 Å². The van der Waals surface area contributed by atoms with E-state index in [0.717, 1.165) is 22.8 Å². The van der Waals surface area contributed by atoms with E-state index in [1.54, 1.807) is 23.1 Å². The Bertz CT molecular complexity index is 840. The van der Waals surface area contributed by atoms with Crippen molar-refractivity contribution in [2.24, 2.45) is 0 Å². The number of amides is 1. The molecule has 4 nitrogen and oxygen atoms in total. The van der Waals surface area contributed by atoms with Crippen molar-refractivity contribution in [1.82, 2.24) is 9.78 Å². The molecule has 1 unspecified atom stereocenters. The lowest BCUT2D eigenvalue weighted by Gasteiger charge is -2.13. The summed E-state index contributed by atoms with van der Waals surface area (Å²) in [6.45, 7) is 2.01. The Morgan fingerprint density at radius 2 is 2.09 bits per heavy atom. The van der Waals surface area contributed by atoms with Gasteiger partial charge in [0.2, 0.25) is 5.91 Å². The third-order valence-corrected chi connectivity index (χ3v) is 5.83. The molecular weight excluding hydrogens is 326 g/mol. The first-order valence-electron chi connectivity index (χ1n) is 7.32. The highest BCUT2D eigenvalue weighted by Gasteiger charge is 2.30. The molecule has 2 aromatic heterocycles. The molecule has 1 aliphatic heterocycles. The maximum atomic E-state index is 12.2. The minimum atomic E-state index is 0.0195. The molecule has 6 heteroatoms. The van der Waals surface area contributed by atoms with E-state index in [0.29, 0.717) is 5.75 Å². The van der Waals surface area contributed by atoms with E-state index in [2.05, 4.69) is 22.1 Å². The van der Waals surface area contributed by atoms with Crippen molar-refractivity contribution in [2.45, 2.75) is 12.2 Å². The van der Waals surface area contributed by atoms with Crippen LogP contribution in [0.3, 0.4) is 0 Å². The summed E-state index contributed by atoms with van der Waals surface area (Å²) < 4.78 is 1.84. The Hall–Kier alpha value is -2.05. The number of aryl methyl sites for hydroxylation is 1. The first kappa shape index (κ1) is 14.5. The molecule has 4 rings (SSSR count). The Kier molecular flexibility index (Phi) is 3.71. The molecule has 0 spiro atoms. The normalized spacial score (nSPS) is 17.4. The van der Waals surface area contributed by atoms with Crippen molar-refractivity contribution in [3.05, 3.63) is 64.0 Å². The Labute approximate surface area is 142 Å². The number of anilines is 1. The second-order valence-electron chi connectivity index (χ2n) is 5.39. The summed E-state index contributed by atoms with van der Waals surface area (Å²) in [6.07, 6.45) is 0. The predicted octanol–water partition coefficient (Wildman–Crippen LogP) is 4.02. The fraction of sp³-hybridized carbons (Fsp3) is 0.176. The first-order chi connectivity index (χ1) is 11.2. The molecule has 0 fully saturated rings. The van der Waals surface area contributed by atoms with Gasteiger partial charge in [-0.2, -0.15) is 16.4 Å². The molecule has 3 heterocycles. The van der Waals surface area contributed by atoms with Gasteiger partial charge in [0.1, 0.15) is 5.82 Å². The third-order valence-electron chi connectivity index (χ3n) is 3.85. The fourth-order valence-electron chi connectivity index (χ4n) is 2.83. The van der Waals surface area contributed by atoms with Crippen molar-refractivity contribution >= 4 is 34.8 Å². The van der Waals surface area contributed by atoms with Gasteiger partial charge in [-0.15, -0.1) is 11.8 Å². The lowest BCUT2D eigenvalue weighted by molar-refractivity contribution is -0.113. The molecule has 1 N–H and O–H groups in total. The van der Waals surface area contributed by atoms with Gasteiger partial charge in [-0.1, -0.05) is 18.2 Å². The van der Waals surface area contributed by atoms with Crippen molar-refractivity contribution < 1.29 is 4.79 Å². The van der Waals surface area contributed by atoms with Crippen LogP contribution in [0.2, 0.25) is 0 Å². The van der Waals surface area contributed by atoms with Crippen LogP contribution in [0.25, 0.3) is 5.69 Å². The summed E-state index contributed by atoms with van der Waals surface area (Å²) >= 11 is 3.34. The second-order valence-corrected chi connectivity index (χ2v) is 7.26. The summed E-state index contributed by atoms with van der Waals surface area (Å²) in [4.78, 5) is 12.2. The predicted molar refractivity (Wildman–Crippen MR) is 95.6 cm³/mol. The molecule has 0 radical (unpaired) electrons. The number of rotatable bonds is 2. The molecule has 1 atom stereocenters. The van der Waals surface area contributed by atoms with Gasteiger partial charge in [-0.05, 0) is 41.4 Å². The van der Waals surface area contributed by atoms with Gasteiger partial charge in [0.15, 0.2) is 0 Å². The average molecular weight is 341 g/mol. The van der Waals surface area contributed by atoms with E-state index in [-0.39, 0.29) is 11.2 Å². The summed E-state index contributed by atoms with van der Waals surface area (Å²) in [5.41, 5.74) is 4.24. The van der Waals surface area contributed by atoms with Gasteiger partial charge >= 0.3 is 0 Å². The molecule has 116 valence electrons. The minimum absolute atomic E-state index is 0.0195. The first-order valence-corrected chi connectivity index (χ1v) is 9.31. The smallest absolute Gasteiger partial charge is 0.235 e. The fourth-order valence-corrected chi connectivity index (χ4v) is 4.78. The molecule has 0 bridgehead atoms. The number of hydrogen-bond acceptors (Lipinski definition) is 4. The van der Waals surface area contributed by atoms with E-state index in [1.165, 1.54) is 5.56 Å². The van der Waals surface area contributed by atoms with Crippen LogP contribution in [0.5, 0.6) is 0 Å². The highest BCUT2D eigenvalue weighted by Crippen LogP contribution is 2.44. The van der Waals surface area contributed by atoms with Crippen molar-refractivity contribution in [3.63, 3.8) is 0 Å². The van der Waals surface area contributed by atoms with Crippen molar-refractivity contribution in [1.29, 1.82) is 0 Å². The van der Waals surface area contributed by atoms with Crippen molar-refractivity contribution in [2.75, 3.05) is 11.1 Å². The van der Waals surface area contributed by atoms with Crippen LogP contribution in [0.15, 0.2) is 47.2 Å². The topological polar surface area (TPSA) is 46.9 Å². The summed E-state index contributed by atoms with van der Waals surface area (Å²) in [5.74, 6) is 1.26. The number of thioether (sulfide) groups is 1. The lowest BCUT2D eigenvalue weighted by atomic mass is 10.1. The van der Waals surface area contributed by atoms with Crippen LogP contribution in [-0.4, -0.2) is 21.4 Å². The Morgan fingerprint density at radius 3 is 2.83 bits per heavy atom. The van der Waals surface area contributed by atoms with Crippen molar-refractivity contribution in [3.8, 4) is 5.69 Å². The molecule has 1 amide bonds. The third kappa shape index (κ3) is 2.58. The van der Waals surface area contributed by atoms with Gasteiger partial charge < -0.3 is 5.32 Å². The molecular formula is C17H15N3OS2. The lowest BCUT2D eigenvalue weighted by Crippen LogP contribution is -2.15. The van der Waals surface area contributed by atoms with Gasteiger partial charge in [0, 0.05) is 5.56 Å². The van der Waals surface area contributed by atoms with E-state index < -0.39 is 0 Å². The highest BCUT2D eigenvalue weighted by molar-refractivity contribution is 8.00. The van der Waals surface area contributed by atoms with E-state index in [1.807, 2.05) is 41.9 Å². The van der Waals surface area contributed by atoms with Crippen LogP contribution in [-0.2, 0) is 4.79 Å².